The summed E-state index contributed by atoms with van der Waals surface area (Å²) in [5.41, 5.74) is 6.41. The predicted octanol–water partition coefficient (Wildman–Crippen LogP) is 3.35. The maximum absolute atomic E-state index is 10.8. The third-order valence-electron chi connectivity index (χ3n) is 2.89. The molecule has 0 aromatic heterocycles. The Balaban J connectivity index is 2.23. The molecule has 0 aliphatic rings. The Morgan fingerprint density at radius 3 is 2.23 bits per heavy atom. The van der Waals surface area contributed by atoms with Gasteiger partial charge in [0.1, 0.15) is 17.5 Å². The molecular weight excluding hydrogens is 512 g/mol. The summed E-state index contributed by atoms with van der Waals surface area (Å²) in [5.74, 6) is 0.465. The minimum Gasteiger partial charge on any atom is -0.508 e. The zero-order chi connectivity index (χ0) is 16.3. The summed E-state index contributed by atoms with van der Waals surface area (Å²) in [6.45, 7) is 0. The fourth-order valence-electron chi connectivity index (χ4n) is 1.80. The van der Waals surface area contributed by atoms with Crippen molar-refractivity contribution in [1.82, 2.24) is 0 Å². The molecule has 4 N–H and O–H groups in total. The molecule has 7 heteroatoms. The van der Waals surface area contributed by atoms with Crippen molar-refractivity contribution in [2.24, 2.45) is 5.73 Å². The van der Waals surface area contributed by atoms with Crippen molar-refractivity contribution in [3.63, 3.8) is 0 Å². The highest BCUT2D eigenvalue weighted by Gasteiger charge is 2.15. The third-order valence-corrected chi connectivity index (χ3v) is 4.49. The van der Waals surface area contributed by atoms with E-state index < -0.39 is 12.0 Å². The Morgan fingerprint density at radius 2 is 1.73 bits per heavy atom. The second kappa shape index (κ2) is 7.47. The number of aliphatic carboxylic acids is 1. The van der Waals surface area contributed by atoms with Gasteiger partial charge >= 0.3 is 5.97 Å². The zero-order valence-electron chi connectivity index (χ0n) is 11.3. The number of hydrogen-bond donors (Lipinski definition) is 3. The van der Waals surface area contributed by atoms with E-state index in [0.29, 0.717) is 11.5 Å². The van der Waals surface area contributed by atoms with Crippen LogP contribution in [0.5, 0.6) is 17.2 Å². The van der Waals surface area contributed by atoms with E-state index >= 15 is 0 Å². The monoisotopic (exact) mass is 525 g/mol. The first-order valence-corrected chi connectivity index (χ1v) is 8.45. The summed E-state index contributed by atoms with van der Waals surface area (Å²) < 4.78 is 7.56. The molecule has 0 bridgehead atoms. The van der Waals surface area contributed by atoms with Crippen LogP contribution in [-0.2, 0) is 11.2 Å². The molecule has 2 aromatic rings. The Morgan fingerprint density at radius 1 is 1.18 bits per heavy atom. The van der Waals surface area contributed by atoms with Gasteiger partial charge in [0.25, 0.3) is 0 Å². The van der Waals surface area contributed by atoms with E-state index in [1.54, 1.807) is 24.3 Å². The Labute approximate surface area is 154 Å². The fourth-order valence-corrected chi connectivity index (χ4v) is 3.92. The van der Waals surface area contributed by atoms with Crippen molar-refractivity contribution in [3.05, 3.63) is 49.1 Å². The lowest BCUT2D eigenvalue weighted by molar-refractivity contribution is -0.138. The van der Waals surface area contributed by atoms with Gasteiger partial charge in [0.15, 0.2) is 5.75 Å². The molecule has 2 rings (SSSR count). The third kappa shape index (κ3) is 4.46. The average Bonchev–Trinajstić information content (AvgIpc) is 2.44. The van der Waals surface area contributed by atoms with Crippen molar-refractivity contribution < 1.29 is 19.7 Å². The van der Waals surface area contributed by atoms with E-state index in [1.165, 1.54) is 0 Å². The molecule has 0 aliphatic heterocycles. The first-order chi connectivity index (χ1) is 10.4. The largest absolute Gasteiger partial charge is 0.508 e. The first kappa shape index (κ1) is 17.3. The van der Waals surface area contributed by atoms with E-state index in [-0.39, 0.29) is 12.2 Å². The number of ether oxygens (including phenoxy) is 1. The van der Waals surface area contributed by atoms with Gasteiger partial charge in [-0.15, -0.1) is 0 Å². The van der Waals surface area contributed by atoms with Crippen LogP contribution in [0.15, 0.2) is 36.4 Å². The van der Waals surface area contributed by atoms with Gasteiger partial charge in [-0.05, 0) is 93.6 Å². The maximum atomic E-state index is 10.8. The molecular formula is C15H13I2NO4. The molecule has 0 radical (unpaired) electrons. The smallest absolute Gasteiger partial charge is 0.320 e. The van der Waals surface area contributed by atoms with E-state index in [2.05, 4.69) is 45.2 Å². The average molecular weight is 525 g/mol. The molecule has 2 aromatic carbocycles. The van der Waals surface area contributed by atoms with Crippen LogP contribution >= 0.6 is 45.2 Å². The van der Waals surface area contributed by atoms with Crippen molar-refractivity contribution in [3.8, 4) is 17.2 Å². The lowest BCUT2D eigenvalue weighted by Crippen LogP contribution is -2.32. The molecule has 0 saturated heterocycles. The molecule has 22 heavy (non-hydrogen) atoms. The summed E-state index contributed by atoms with van der Waals surface area (Å²) in [6.07, 6.45) is 0.265. The molecule has 0 fully saturated rings. The van der Waals surface area contributed by atoms with E-state index in [0.717, 1.165) is 12.7 Å². The van der Waals surface area contributed by atoms with Gasteiger partial charge in [-0.2, -0.15) is 0 Å². The van der Waals surface area contributed by atoms with Gasteiger partial charge in [0.2, 0.25) is 0 Å². The van der Waals surface area contributed by atoms with Gasteiger partial charge in [0.05, 0.1) is 7.14 Å². The van der Waals surface area contributed by atoms with Crippen LogP contribution in [0.2, 0.25) is 0 Å². The topological polar surface area (TPSA) is 92.8 Å². The fraction of sp³-hybridized carbons (Fsp3) is 0.133. The summed E-state index contributed by atoms with van der Waals surface area (Å²) >= 11 is 4.28. The molecule has 0 spiro atoms. The van der Waals surface area contributed by atoms with Crippen molar-refractivity contribution in [2.75, 3.05) is 0 Å². The lowest BCUT2D eigenvalue weighted by atomic mass is 10.1. The number of carboxylic acids is 1. The van der Waals surface area contributed by atoms with Crippen LogP contribution in [0, 0.1) is 7.14 Å². The predicted molar refractivity (Wildman–Crippen MR) is 99.4 cm³/mol. The second-order valence-electron chi connectivity index (χ2n) is 4.63. The van der Waals surface area contributed by atoms with E-state index in [1.807, 2.05) is 12.1 Å². The van der Waals surface area contributed by atoms with Crippen LogP contribution in [-0.4, -0.2) is 22.2 Å². The number of phenols is 1. The van der Waals surface area contributed by atoms with Crippen molar-refractivity contribution >= 4 is 51.2 Å². The maximum Gasteiger partial charge on any atom is 0.320 e. The number of carboxylic acid groups (broad SMARTS) is 1. The normalized spacial score (nSPS) is 12.0. The highest BCUT2D eigenvalue weighted by Crippen LogP contribution is 2.33. The highest BCUT2D eigenvalue weighted by atomic mass is 127. The molecule has 5 nitrogen and oxygen atoms in total. The number of halogens is 2. The summed E-state index contributed by atoms with van der Waals surface area (Å²) in [7, 11) is 0. The number of hydrogen-bond acceptors (Lipinski definition) is 4. The first-order valence-electron chi connectivity index (χ1n) is 6.30. The van der Waals surface area contributed by atoms with E-state index in [4.69, 9.17) is 15.6 Å². The quantitative estimate of drug-likeness (QED) is 0.522. The highest BCUT2D eigenvalue weighted by molar-refractivity contribution is 14.1. The SMILES string of the molecule is N[C@H](Cc1cc(I)c(Oc2ccc(O)cc2)c(I)c1)C(=O)O. The van der Waals surface area contributed by atoms with Crippen LogP contribution in [0.1, 0.15) is 5.56 Å². The summed E-state index contributed by atoms with van der Waals surface area (Å²) in [5, 5.41) is 18.2. The number of phenolic OH excluding ortho intramolecular Hbond substituents is 1. The second-order valence-corrected chi connectivity index (χ2v) is 6.96. The molecule has 0 aliphatic carbocycles. The number of aromatic hydroxyl groups is 1. The standard InChI is InChI=1S/C15H13I2NO4/c16-11-5-8(7-13(18)15(20)21)6-12(17)14(11)22-10-3-1-9(19)2-4-10/h1-6,13,19H,7,18H2,(H,20,21)/t13-/m1/s1. The zero-order valence-corrected chi connectivity index (χ0v) is 15.6. The molecule has 116 valence electrons. The van der Waals surface area contributed by atoms with Crippen LogP contribution in [0.25, 0.3) is 0 Å². The molecule has 1 atom stereocenters. The van der Waals surface area contributed by atoms with Crippen LogP contribution in [0.3, 0.4) is 0 Å². The Kier molecular flexibility index (Phi) is 5.87. The Bertz CT molecular complexity index is 665. The molecule has 0 unspecified atom stereocenters. The minimum absolute atomic E-state index is 0.176. The lowest BCUT2D eigenvalue weighted by Gasteiger charge is -2.13. The van der Waals surface area contributed by atoms with Gasteiger partial charge < -0.3 is 20.7 Å². The van der Waals surface area contributed by atoms with Crippen LogP contribution < -0.4 is 10.5 Å². The molecule has 0 amide bonds. The Hall–Kier alpha value is -1.07. The summed E-state index contributed by atoms with van der Waals surface area (Å²) in [6, 6.07) is 9.26. The van der Waals surface area contributed by atoms with Gasteiger partial charge in [0, 0.05) is 0 Å². The summed E-state index contributed by atoms with van der Waals surface area (Å²) in [4.78, 5) is 10.8. The minimum atomic E-state index is -1.02. The van der Waals surface area contributed by atoms with Crippen molar-refractivity contribution in [1.29, 1.82) is 0 Å². The van der Waals surface area contributed by atoms with Gasteiger partial charge in [-0.25, -0.2) is 0 Å². The van der Waals surface area contributed by atoms with Crippen LogP contribution in [0.4, 0.5) is 0 Å². The number of nitrogens with two attached hydrogens (primary N) is 1. The van der Waals surface area contributed by atoms with Crippen molar-refractivity contribution in [2.45, 2.75) is 12.5 Å². The van der Waals surface area contributed by atoms with Gasteiger partial charge in [-0.1, -0.05) is 0 Å². The number of rotatable bonds is 5. The van der Waals surface area contributed by atoms with Gasteiger partial charge in [-0.3, -0.25) is 4.79 Å². The molecule has 0 saturated carbocycles. The molecule has 0 heterocycles. The number of benzene rings is 2. The number of carbonyl (C=O) groups is 1. The van der Waals surface area contributed by atoms with E-state index in [9.17, 15) is 9.90 Å².